The molecule has 17 heavy (non-hydrogen) atoms. The Morgan fingerprint density at radius 1 is 1.35 bits per heavy atom. The Morgan fingerprint density at radius 2 is 2.00 bits per heavy atom. The second kappa shape index (κ2) is 6.36. The molecule has 0 aromatic heterocycles. The topological polar surface area (TPSA) is 12.0 Å². The molecule has 0 bridgehead atoms. The summed E-state index contributed by atoms with van der Waals surface area (Å²) in [5, 5.41) is 3.65. The third-order valence-corrected chi connectivity index (χ3v) is 3.18. The number of quaternary nitrogens is 1. The molecule has 1 rings (SSSR count). The van der Waals surface area contributed by atoms with Crippen LogP contribution in [0.1, 0.15) is 33.1 Å². The van der Waals surface area contributed by atoms with Gasteiger partial charge in [0.2, 0.25) is 0 Å². The van der Waals surface area contributed by atoms with Crippen molar-refractivity contribution in [1.29, 1.82) is 0 Å². The minimum Gasteiger partial charge on any atom is -0.330 e. The molecule has 0 saturated heterocycles. The summed E-state index contributed by atoms with van der Waals surface area (Å²) >= 11 is 0. The maximum Gasteiger partial charge on any atom is 0.0939 e. The fourth-order valence-electron chi connectivity index (χ4n) is 2.22. The molecule has 0 aromatic carbocycles. The molecule has 1 N–H and O–H groups in total. The van der Waals surface area contributed by atoms with E-state index in [1.807, 2.05) is 0 Å². The van der Waals surface area contributed by atoms with Crippen molar-refractivity contribution in [3.8, 4) is 0 Å². The number of allylic oxidation sites excluding steroid dienone is 2. The molecular formula is C15H29N2+. The Labute approximate surface area is 107 Å². The van der Waals surface area contributed by atoms with Crippen LogP contribution in [0.4, 0.5) is 0 Å². The van der Waals surface area contributed by atoms with Crippen LogP contribution in [0, 0.1) is 0 Å². The SMILES string of the molecule is C/C=C/CNC(CC(C)=C1CC1)C[N+](C)(C)C. The van der Waals surface area contributed by atoms with Gasteiger partial charge < -0.3 is 9.80 Å². The fraction of sp³-hybridized carbons (Fsp3) is 0.733. The summed E-state index contributed by atoms with van der Waals surface area (Å²) in [4.78, 5) is 0. The van der Waals surface area contributed by atoms with Gasteiger partial charge in [0.25, 0.3) is 0 Å². The van der Waals surface area contributed by atoms with E-state index in [2.05, 4.69) is 52.5 Å². The Hall–Kier alpha value is -0.600. The average Bonchev–Trinajstić information content (AvgIpc) is 2.98. The number of nitrogens with one attached hydrogen (secondary N) is 1. The van der Waals surface area contributed by atoms with E-state index in [1.165, 1.54) is 25.8 Å². The van der Waals surface area contributed by atoms with E-state index >= 15 is 0 Å². The zero-order valence-corrected chi connectivity index (χ0v) is 12.2. The molecule has 1 unspecified atom stereocenters. The van der Waals surface area contributed by atoms with Gasteiger partial charge in [0, 0.05) is 6.54 Å². The van der Waals surface area contributed by atoms with Crippen molar-refractivity contribution < 1.29 is 4.48 Å². The van der Waals surface area contributed by atoms with Gasteiger partial charge in [-0.15, -0.1) is 0 Å². The second-order valence-corrected chi connectivity index (χ2v) is 6.24. The normalized spacial score (nSPS) is 17.6. The van der Waals surface area contributed by atoms with Crippen molar-refractivity contribution in [2.45, 2.75) is 39.2 Å². The molecule has 1 aliphatic carbocycles. The summed E-state index contributed by atoms with van der Waals surface area (Å²) < 4.78 is 1.02. The van der Waals surface area contributed by atoms with Crippen LogP contribution in [0.2, 0.25) is 0 Å². The lowest BCUT2D eigenvalue weighted by atomic mass is 10.1. The molecule has 0 heterocycles. The highest BCUT2D eigenvalue weighted by Crippen LogP contribution is 2.33. The minimum atomic E-state index is 0.597. The van der Waals surface area contributed by atoms with Gasteiger partial charge in [0.15, 0.2) is 0 Å². The number of nitrogens with zero attached hydrogens (tertiary/aromatic N) is 1. The van der Waals surface area contributed by atoms with Crippen LogP contribution in [0.15, 0.2) is 23.3 Å². The lowest BCUT2D eigenvalue weighted by molar-refractivity contribution is -0.871. The predicted octanol–water partition coefficient (Wildman–Crippen LogP) is 2.73. The van der Waals surface area contributed by atoms with Crippen LogP contribution in [0.25, 0.3) is 0 Å². The van der Waals surface area contributed by atoms with E-state index in [4.69, 9.17) is 0 Å². The number of hydrogen-bond donors (Lipinski definition) is 1. The molecule has 0 aliphatic heterocycles. The third kappa shape index (κ3) is 6.64. The number of hydrogen-bond acceptors (Lipinski definition) is 1. The quantitative estimate of drug-likeness (QED) is 0.530. The van der Waals surface area contributed by atoms with Gasteiger partial charge in [-0.1, -0.05) is 23.3 Å². The van der Waals surface area contributed by atoms with Crippen LogP contribution in [-0.2, 0) is 0 Å². The van der Waals surface area contributed by atoms with Gasteiger partial charge >= 0.3 is 0 Å². The Balaban J connectivity index is 2.48. The van der Waals surface area contributed by atoms with Crippen molar-refractivity contribution in [1.82, 2.24) is 5.32 Å². The van der Waals surface area contributed by atoms with Crippen molar-refractivity contribution in [2.75, 3.05) is 34.2 Å². The first kappa shape index (κ1) is 14.5. The fourth-order valence-corrected chi connectivity index (χ4v) is 2.22. The van der Waals surface area contributed by atoms with E-state index in [9.17, 15) is 0 Å². The first-order chi connectivity index (χ1) is 7.92. The van der Waals surface area contributed by atoms with Gasteiger partial charge in [-0.3, -0.25) is 0 Å². The van der Waals surface area contributed by atoms with Gasteiger partial charge in [-0.25, -0.2) is 0 Å². The van der Waals surface area contributed by atoms with Gasteiger partial charge in [-0.05, 0) is 33.1 Å². The molecule has 1 aliphatic rings. The Bertz CT molecular complexity index is 289. The second-order valence-electron chi connectivity index (χ2n) is 6.24. The molecule has 0 amide bonds. The minimum absolute atomic E-state index is 0.597. The molecule has 0 spiro atoms. The Morgan fingerprint density at radius 3 is 2.47 bits per heavy atom. The zero-order chi connectivity index (χ0) is 12.9. The number of likely N-dealkylation sites (N-methyl/N-ethyl adjacent to an activating group) is 1. The zero-order valence-electron chi connectivity index (χ0n) is 12.2. The molecule has 0 aromatic rings. The van der Waals surface area contributed by atoms with E-state index in [1.54, 1.807) is 11.1 Å². The molecule has 1 saturated carbocycles. The van der Waals surface area contributed by atoms with Gasteiger partial charge in [-0.2, -0.15) is 0 Å². The van der Waals surface area contributed by atoms with Crippen LogP contribution in [-0.4, -0.2) is 44.8 Å². The van der Waals surface area contributed by atoms with E-state index in [0.29, 0.717) is 6.04 Å². The summed E-state index contributed by atoms with van der Waals surface area (Å²) in [5.74, 6) is 0. The smallest absolute Gasteiger partial charge is 0.0939 e. The molecular weight excluding hydrogens is 208 g/mol. The molecule has 98 valence electrons. The summed E-state index contributed by atoms with van der Waals surface area (Å²) in [6, 6.07) is 0.597. The van der Waals surface area contributed by atoms with Crippen LogP contribution in [0.3, 0.4) is 0 Å². The first-order valence-corrected chi connectivity index (χ1v) is 6.75. The molecule has 1 fully saturated rings. The van der Waals surface area contributed by atoms with Crippen molar-refractivity contribution in [3.05, 3.63) is 23.3 Å². The monoisotopic (exact) mass is 237 g/mol. The maximum absolute atomic E-state index is 3.65. The van der Waals surface area contributed by atoms with Gasteiger partial charge in [0.1, 0.15) is 0 Å². The lowest BCUT2D eigenvalue weighted by Gasteiger charge is -2.30. The highest BCUT2D eigenvalue weighted by atomic mass is 15.3. The lowest BCUT2D eigenvalue weighted by Crippen LogP contribution is -2.47. The maximum atomic E-state index is 3.65. The summed E-state index contributed by atoms with van der Waals surface area (Å²) in [6.07, 6.45) is 8.21. The van der Waals surface area contributed by atoms with Crippen molar-refractivity contribution >= 4 is 0 Å². The van der Waals surface area contributed by atoms with Crippen LogP contribution < -0.4 is 5.32 Å². The summed E-state index contributed by atoms with van der Waals surface area (Å²) in [5.41, 5.74) is 3.32. The molecule has 2 heteroatoms. The largest absolute Gasteiger partial charge is 0.330 e. The summed E-state index contributed by atoms with van der Waals surface area (Å²) in [7, 11) is 6.80. The van der Waals surface area contributed by atoms with Crippen molar-refractivity contribution in [3.63, 3.8) is 0 Å². The van der Waals surface area contributed by atoms with E-state index < -0.39 is 0 Å². The molecule has 2 nitrogen and oxygen atoms in total. The third-order valence-electron chi connectivity index (χ3n) is 3.18. The van der Waals surface area contributed by atoms with Gasteiger partial charge in [0.05, 0.1) is 33.7 Å². The molecule has 0 radical (unpaired) electrons. The highest BCUT2D eigenvalue weighted by Gasteiger charge is 2.21. The van der Waals surface area contributed by atoms with Crippen LogP contribution in [0.5, 0.6) is 0 Å². The Kier molecular flexibility index (Phi) is 5.41. The average molecular weight is 237 g/mol. The standard InChI is InChI=1S/C15H29N2/c1-6-7-10-16-15(12-17(3,4)5)11-13(2)14-8-9-14/h6-7,15-16H,8-12H2,1-5H3/q+1/b7-6+. The highest BCUT2D eigenvalue weighted by molar-refractivity contribution is 5.24. The summed E-state index contributed by atoms with van der Waals surface area (Å²) in [6.45, 7) is 6.56. The first-order valence-electron chi connectivity index (χ1n) is 6.75. The van der Waals surface area contributed by atoms with Crippen LogP contribution >= 0.6 is 0 Å². The number of rotatable bonds is 7. The molecule has 1 atom stereocenters. The van der Waals surface area contributed by atoms with Crippen molar-refractivity contribution in [2.24, 2.45) is 0 Å². The van der Waals surface area contributed by atoms with E-state index in [-0.39, 0.29) is 0 Å². The van der Waals surface area contributed by atoms with E-state index in [0.717, 1.165) is 11.0 Å². The predicted molar refractivity (Wildman–Crippen MR) is 76.1 cm³/mol.